The van der Waals surface area contributed by atoms with E-state index in [-0.39, 0.29) is 10.8 Å². The first-order valence-corrected chi connectivity index (χ1v) is 10.0. The van der Waals surface area contributed by atoms with Gasteiger partial charge in [0.05, 0.1) is 0 Å². The molecule has 0 aliphatic heterocycles. The van der Waals surface area contributed by atoms with Crippen molar-refractivity contribution in [2.45, 2.75) is 30.6 Å². The molecule has 8 heteroatoms. The predicted octanol–water partition coefficient (Wildman–Crippen LogP) is 2.31. The lowest BCUT2D eigenvalue weighted by molar-refractivity contribution is 0.0687. The first-order chi connectivity index (χ1) is 11.5. The minimum atomic E-state index is -3.85. The predicted molar refractivity (Wildman–Crippen MR) is 90.8 cm³/mol. The zero-order chi connectivity index (χ0) is 17.2. The lowest BCUT2D eigenvalue weighted by atomic mass is 10.0. The molecule has 6 nitrogen and oxygen atoms in total. The van der Waals surface area contributed by atoms with Gasteiger partial charge in [0.25, 0.3) is 0 Å². The van der Waals surface area contributed by atoms with Gasteiger partial charge in [-0.3, -0.25) is 0 Å². The molecule has 0 amide bonds. The Morgan fingerprint density at radius 1 is 1.25 bits per heavy atom. The maximum atomic E-state index is 12.4. The highest BCUT2D eigenvalue weighted by Crippen LogP contribution is 2.25. The number of aryl methyl sites for hydroxylation is 2. The van der Waals surface area contributed by atoms with E-state index in [1.54, 1.807) is 0 Å². The summed E-state index contributed by atoms with van der Waals surface area (Å²) >= 11 is 0.828. The lowest BCUT2D eigenvalue weighted by Crippen LogP contribution is -2.30. The Kier molecular flexibility index (Phi) is 4.98. The SMILES string of the molecule is O=C(O)c1nscc1S(=O)(=O)NCC1CCc2ccccc2CC1. The van der Waals surface area contributed by atoms with Crippen molar-refractivity contribution in [1.29, 1.82) is 0 Å². The van der Waals surface area contributed by atoms with Crippen molar-refractivity contribution >= 4 is 27.5 Å². The molecule has 0 atom stereocenters. The first kappa shape index (κ1) is 17.1. The molecule has 1 aromatic heterocycles. The smallest absolute Gasteiger partial charge is 0.357 e. The average Bonchev–Trinajstić information content (AvgIpc) is 2.97. The second kappa shape index (κ2) is 7.00. The Labute approximate surface area is 144 Å². The summed E-state index contributed by atoms with van der Waals surface area (Å²) in [5.41, 5.74) is 2.25. The number of aromatic carboxylic acids is 1. The van der Waals surface area contributed by atoms with Gasteiger partial charge in [-0.15, -0.1) is 0 Å². The third-order valence-corrected chi connectivity index (χ3v) is 6.57. The highest BCUT2D eigenvalue weighted by molar-refractivity contribution is 7.89. The number of aromatic nitrogens is 1. The fourth-order valence-corrected chi connectivity index (χ4v) is 5.21. The summed E-state index contributed by atoms with van der Waals surface area (Å²) in [4.78, 5) is 10.8. The van der Waals surface area contributed by atoms with Crippen molar-refractivity contribution in [3.8, 4) is 0 Å². The van der Waals surface area contributed by atoms with Crippen LogP contribution in [0.15, 0.2) is 34.5 Å². The number of rotatable bonds is 5. The van der Waals surface area contributed by atoms with Gasteiger partial charge in [0, 0.05) is 11.9 Å². The van der Waals surface area contributed by atoms with Crippen LogP contribution in [-0.4, -0.2) is 30.4 Å². The van der Waals surface area contributed by atoms with Crippen molar-refractivity contribution in [2.75, 3.05) is 6.54 Å². The maximum absolute atomic E-state index is 12.4. The van der Waals surface area contributed by atoms with Crippen LogP contribution in [0.3, 0.4) is 0 Å². The van der Waals surface area contributed by atoms with Crippen molar-refractivity contribution in [3.63, 3.8) is 0 Å². The number of fused-ring (bicyclic) bond motifs is 1. The summed E-state index contributed by atoms with van der Waals surface area (Å²) in [6.45, 7) is 0.311. The number of carbonyl (C=O) groups is 1. The Balaban J connectivity index is 1.65. The van der Waals surface area contributed by atoms with E-state index in [4.69, 9.17) is 5.11 Å². The van der Waals surface area contributed by atoms with Crippen molar-refractivity contribution < 1.29 is 18.3 Å². The van der Waals surface area contributed by atoms with Gasteiger partial charge >= 0.3 is 5.97 Å². The van der Waals surface area contributed by atoms with Gasteiger partial charge in [0.2, 0.25) is 10.0 Å². The number of carboxylic acid groups (broad SMARTS) is 1. The molecule has 0 fully saturated rings. The zero-order valence-corrected chi connectivity index (χ0v) is 14.6. The summed E-state index contributed by atoms with van der Waals surface area (Å²) in [6, 6.07) is 8.30. The van der Waals surface area contributed by atoms with Gasteiger partial charge in [0.15, 0.2) is 5.69 Å². The van der Waals surface area contributed by atoms with Crippen LogP contribution in [0.4, 0.5) is 0 Å². The highest BCUT2D eigenvalue weighted by atomic mass is 32.2. The monoisotopic (exact) mass is 366 g/mol. The Morgan fingerprint density at radius 2 is 1.88 bits per heavy atom. The van der Waals surface area contributed by atoms with Crippen molar-refractivity contribution in [2.24, 2.45) is 5.92 Å². The van der Waals surface area contributed by atoms with Crippen LogP contribution in [-0.2, 0) is 22.9 Å². The number of hydrogen-bond donors (Lipinski definition) is 2. The second-order valence-corrected chi connectivity index (χ2v) is 8.26. The normalized spacial score (nSPS) is 15.7. The molecule has 1 aliphatic rings. The van der Waals surface area contributed by atoms with Gasteiger partial charge in [-0.1, -0.05) is 24.3 Å². The summed E-state index contributed by atoms with van der Waals surface area (Å²) in [5.74, 6) is -1.10. The number of nitrogens with zero attached hydrogens (tertiary/aromatic N) is 1. The van der Waals surface area contributed by atoms with Crippen molar-refractivity contribution in [1.82, 2.24) is 9.10 Å². The average molecular weight is 366 g/mol. The summed E-state index contributed by atoms with van der Waals surface area (Å²) in [7, 11) is -3.85. The molecule has 0 saturated carbocycles. The summed E-state index contributed by atoms with van der Waals surface area (Å²) < 4.78 is 30.9. The highest BCUT2D eigenvalue weighted by Gasteiger charge is 2.26. The molecular weight excluding hydrogens is 348 g/mol. The Hall–Kier alpha value is -1.77. The van der Waals surface area contributed by atoms with Gasteiger partial charge in [0.1, 0.15) is 4.90 Å². The molecule has 1 aromatic carbocycles. The molecule has 0 unspecified atom stereocenters. The van der Waals surface area contributed by atoms with E-state index < -0.39 is 21.7 Å². The summed E-state index contributed by atoms with van der Waals surface area (Å²) in [5, 5.41) is 10.3. The molecule has 0 spiro atoms. The molecule has 1 aliphatic carbocycles. The molecular formula is C16H18N2O4S2. The van der Waals surface area contributed by atoms with E-state index in [1.807, 2.05) is 12.1 Å². The number of carboxylic acids is 1. The fourth-order valence-electron chi connectivity index (χ4n) is 2.98. The zero-order valence-electron chi connectivity index (χ0n) is 12.9. The standard InChI is InChI=1S/C16H18N2O4S2/c19-16(20)15-14(10-23-18-15)24(21,22)17-9-11-5-7-12-3-1-2-4-13(12)8-6-11/h1-4,10-11,17H,5-9H2,(H,19,20). The van der Waals surface area contributed by atoms with Gasteiger partial charge in [-0.25, -0.2) is 17.9 Å². The van der Waals surface area contributed by atoms with Crippen LogP contribution in [0.2, 0.25) is 0 Å². The molecule has 0 saturated heterocycles. The maximum Gasteiger partial charge on any atom is 0.357 e. The first-order valence-electron chi connectivity index (χ1n) is 7.71. The van der Waals surface area contributed by atoms with E-state index in [1.165, 1.54) is 16.5 Å². The molecule has 2 aromatic rings. The van der Waals surface area contributed by atoms with Crippen LogP contribution < -0.4 is 4.72 Å². The lowest BCUT2D eigenvalue weighted by Gasteiger charge is -2.14. The largest absolute Gasteiger partial charge is 0.476 e. The minimum Gasteiger partial charge on any atom is -0.476 e. The Morgan fingerprint density at radius 3 is 2.46 bits per heavy atom. The van der Waals surface area contributed by atoms with Crippen molar-refractivity contribution in [3.05, 3.63) is 46.5 Å². The number of nitrogens with one attached hydrogen (secondary N) is 1. The fraction of sp³-hybridized carbons (Fsp3) is 0.375. The number of sulfonamides is 1. The number of hydrogen-bond acceptors (Lipinski definition) is 5. The van der Waals surface area contributed by atoms with Crippen LogP contribution >= 0.6 is 11.5 Å². The topological polar surface area (TPSA) is 96.4 Å². The van der Waals surface area contributed by atoms with Crippen LogP contribution in [0, 0.1) is 5.92 Å². The molecule has 24 heavy (non-hydrogen) atoms. The van der Waals surface area contributed by atoms with Crippen LogP contribution in [0.1, 0.15) is 34.5 Å². The molecule has 0 bridgehead atoms. The quantitative estimate of drug-likeness (QED) is 0.792. The number of benzene rings is 1. The van der Waals surface area contributed by atoms with E-state index in [2.05, 4.69) is 21.2 Å². The van der Waals surface area contributed by atoms with Gasteiger partial charge in [-0.05, 0) is 54.3 Å². The third kappa shape index (κ3) is 3.66. The molecule has 2 N–H and O–H groups in total. The minimum absolute atomic E-state index is 0.229. The summed E-state index contributed by atoms with van der Waals surface area (Å²) in [6.07, 6.45) is 3.69. The van der Waals surface area contributed by atoms with Crippen LogP contribution in [0.25, 0.3) is 0 Å². The third-order valence-electron chi connectivity index (χ3n) is 4.35. The van der Waals surface area contributed by atoms with E-state index >= 15 is 0 Å². The Bertz CT molecular complexity index is 818. The molecule has 128 valence electrons. The van der Waals surface area contributed by atoms with Gasteiger partial charge in [-0.2, -0.15) is 4.37 Å². The molecule has 1 heterocycles. The molecule has 3 rings (SSSR count). The van der Waals surface area contributed by atoms with E-state index in [0.29, 0.717) is 6.54 Å². The molecule has 0 radical (unpaired) electrons. The van der Waals surface area contributed by atoms with Crippen LogP contribution in [0.5, 0.6) is 0 Å². The van der Waals surface area contributed by atoms with Gasteiger partial charge < -0.3 is 5.11 Å². The van der Waals surface area contributed by atoms with E-state index in [0.717, 1.165) is 37.2 Å². The van der Waals surface area contributed by atoms with E-state index in [9.17, 15) is 13.2 Å². The second-order valence-electron chi connectivity index (χ2n) is 5.90.